The van der Waals surface area contributed by atoms with Gasteiger partial charge in [0.15, 0.2) is 0 Å². The van der Waals surface area contributed by atoms with E-state index in [1.165, 1.54) is 5.39 Å². The SMILES string of the molecule is COc1ccc2nc3c(cnc4c5ccccc5ccc34)cc2c1. The Kier molecular flexibility index (Phi) is 2.71. The number of ether oxygens (including phenoxy) is 1. The lowest BCUT2D eigenvalue weighted by atomic mass is 10.0. The van der Waals surface area contributed by atoms with E-state index in [1.807, 2.05) is 36.5 Å². The summed E-state index contributed by atoms with van der Waals surface area (Å²) < 4.78 is 5.31. The number of benzene rings is 3. The summed E-state index contributed by atoms with van der Waals surface area (Å²) in [6.45, 7) is 0. The summed E-state index contributed by atoms with van der Waals surface area (Å²) in [5.74, 6) is 0.836. The number of hydrogen-bond donors (Lipinski definition) is 0. The lowest BCUT2D eigenvalue weighted by Crippen LogP contribution is -1.89. The summed E-state index contributed by atoms with van der Waals surface area (Å²) in [5.41, 5.74) is 2.95. The van der Waals surface area contributed by atoms with Gasteiger partial charge in [-0.2, -0.15) is 0 Å². The van der Waals surface area contributed by atoms with Gasteiger partial charge in [-0.3, -0.25) is 4.98 Å². The van der Waals surface area contributed by atoms with Crippen molar-refractivity contribution < 1.29 is 4.74 Å². The molecule has 2 aromatic heterocycles. The van der Waals surface area contributed by atoms with E-state index in [1.54, 1.807) is 7.11 Å². The number of methoxy groups -OCH3 is 1. The minimum Gasteiger partial charge on any atom is -0.497 e. The maximum Gasteiger partial charge on any atom is 0.119 e. The van der Waals surface area contributed by atoms with E-state index in [9.17, 15) is 0 Å². The molecule has 3 aromatic carbocycles. The summed E-state index contributed by atoms with van der Waals surface area (Å²) in [4.78, 5) is 9.61. The maximum absolute atomic E-state index is 5.31. The Morgan fingerprint density at radius 3 is 2.58 bits per heavy atom. The highest BCUT2D eigenvalue weighted by Crippen LogP contribution is 2.30. The van der Waals surface area contributed by atoms with Gasteiger partial charge >= 0.3 is 0 Å². The van der Waals surface area contributed by atoms with Crippen LogP contribution in [-0.2, 0) is 0 Å². The van der Waals surface area contributed by atoms with Gasteiger partial charge < -0.3 is 4.74 Å². The average Bonchev–Trinajstić information content (AvgIpc) is 2.65. The first-order valence-corrected chi connectivity index (χ1v) is 7.88. The molecule has 0 radical (unpaired) electrons. The van der Waals surface area contributed by atoms with Gasteiger partial charge in [-0.15, -0.1) is 0 Å². The monoisotopic (exact) mass is 310 g/mol. The van der Waals surface area contributed by atoms with Crippen molar-refractivity contribution in [1.82, 2.24) is 9.97 Å². The first kappa shape index (κ1) is 13.3. The fourth-order valence-electron chi connectivity index (χ4n) is 3.33. The molecule has 0 bridgehead atoms. The fourth-order valence-corrected chi connectivity index (χ4v) is 3.33. The van der Waals surface area contributed by atoms with E-state index in [0.717, 1.165) is 43.8 Å². The van der Waals surface area contributed by atoms with E-state index in [0.29, 0.717) is 0 Å². The molecule has 0 saturated carbocycles. The van der Waals surface area contributed by atoms with Gasteiger partial charge in [0, 0.05) is 27.7 Å². The second-order valence-corrected chi connectivity index (χ2v) is 5.93. The van der Waals surface area contributed by atoms with Crippen molar-refractivity contribution in [1.29, 1.82) is 0 Å². The van der Waals surface area contributed by atoms with Crippen molar-refractivity contribution in [3.8, 4) is 5.75 Å². The number of fused-ring (bicyclic) bond motifs is 6. The van der Waals surface area contributed by atoms with Crippen LogP contribution < -0.4 is 4.74 Å². The Labute approximate surface area is 138 Å². The molecule has 0 saturated heterocycles. The van der Waals surface area contributed by atoms with Crippen LogP contribution in [0.3, 0.4) is 0 Å². The third-order valence-corrected chi connectivity index (χ3v) is 4.54. The molecule has 3 nitrogen and oxygen atoms in total. The molecule has 0 N–H and O–H groups in total. The highest BCUT2D eigenvalue weighted by molar-refractivity contribution is 6.15. The zero-order valence-corrected chi connectivity index (χ0v) is 13.2. The quantitative estimate of drug-likeness (QED) is 0.319. The zero-order chi connectivity index (χ0) is 16.1. The van der Waals surface area contributed by atoms with Crippen molar-refractivity contribution in [3.63, 3.8) is 0 Å². The van der Waals surface area contributed by atoms with Crippen LogP contribution in [0.4, 0.5) is 0 Å². The first-order chi connectivity index (χ1) is 11.8. The molecular weight excluding hydrogens is 296 g/mol. The number of pyridine rings is 2. The fraction of sp³-hybridized carbons (Fsp3) is 0.0476. The molecule has 0 aliphatic carbocycles. The van der Waals surface area contributed by atoms with Crippen LogP contribution in [0.15, 0.2) is 66.9 Å². The topological polar surface area (TPSA) is 35.0 Å². The predicted octanol–water partition coefficient (Wildman–Crippen LogP) is 5.10. The molecule has 0 unspecified atom stereocenters. The van der Waals surface area contributed by atoms with Crippen molar-refractivity contribution in [3.05, 3.63) is 66.9 Å². The minimum absolute atomic E-state index is 0.836. The van der Waals surface area contributed by atoms with Crippen molar-refractivity contribution in [2.75, 3.05) is 7.11 Å². The third kappa shape index (κ3) is 1.85. The Morgan fingerprint density at radius 1 is 0.750 bits per heavy atom. The summed E-state index contributed by atoms with van der Waals surface area (Å²) in [5, 5.41) is 5.54. The van der Waals surface area contributed by atoms with Crippen LogP contribution in [-0.4, -0.2) is 17.1 Å². The van der Waals surface area contributed by atoms with Crippen LogP contribution in [0, 0.1) is 0 Å². The largest absolute Gasteiger partial charge is 0.497 e. The van der Waals surface area contributed by atoms with Gasteiger partial charge in [-0.05, 0) is 35.7 Å². The molecule has 0 amide bonds. The highest BCUT2D eigenvalue weighted by Gasteiger charge is 2.08. The normalized spacial score (nSPS) is 11.5. The van der Waals surface area contributed by atoms with Crippen LogP contribution in [0.1, 0.15) is 0 Å². The summed E-state index contributed by atoms with van der Waals surface area (Å²) in [6, 6.07) is 20.7. The van der Waals surface area contributed by atoms with Crippen molar-refractivity contribution >= 4 is 43.5 Å². The highest BCUT2D eigenvalue weighted by atomic mass is 16.5. The number of hydrogen-bond acceptors (Lipinski definition) is 3. The summed E-state index contributed by atoms with van der Waals surface area (Å²) in [7, 11) is 1.68. The molecule has 24 heavy (non-hydrogen) atoms. The molecule has 5 aromatic rings. The second kappa shape index (κ2) is 4.90. The van der Waals surface area contributed by atoms with Gasteiger partial charge in [0.05, 0.1) is 23.7 Å². The Balaban J connectivity index is 1.92. The molecule has 5 rings (SSSR count). The van der Waals surface area contributed by atoms with Gasteiger partial charge in [0.25, 0.3) is 0 Å². The molecule has 3 heteroatoms. The summed E-state index contributed by atoms with van der Waals surface area (Å²) in [6.07, 6.45) is 1.91. The van der Waals surface area contributed by atoms with Crippen LogP contribution in [0.25, 0.3) is 43.5 Å². The smallest absolute Gasteiger partial charge is 0.119 e. The molecule has 0 atom stereocenters. The van der Waals surface area contributed by atoms with E-state index in [4.69, 9.17) is 14.7 Å². The van der Waals surface area contributed by atoms with Crippen LogP contribution >= 0.6 is 0 Å². The molecule has 0 aliphatic rings. The lowest BCUT2D eigenvalue weighted by Gasteiger charge is -2.08. The van der Waals surface area contributed by atoms with Crippen molar-refractivity contribution in [2.24, 2.45) is 0 Å². The van der Waals surface area contributed by atoms with E-state index in [2.05, 4.69) is 30.3 Å². The Hall–Kier alpha value is -3.20. The molecule has 0 fully saturated rings. The molecule has 2 heterocycles. The van der Waals surface area contributed by atoms with Gasteiger partial charge in [0.1, 0.15) is 5.75 Å². The minimum atomic E-state index is 0.836. The second-order valence-electron chi connectivity index (χ2n) is 5.93. The summed E-state index contributed by atoms with van der Waals surface area (Å²) >= 11 is 0. The van der Waals surface area contributed by atoms with Crippen molar-refractivity contribution in [2.45, 2.75) is 0 Å². The lowest BCUT2D eigenvalue weighted by molar-refractivity contribution is 0.415. The Bertz CT molecular complexity index is 1240. The first-order valence-electron chi connectivity index (χ1n) is 7.88. The third-order valence-electron chi connectivity index (χ3n) is 4.54. The van der Waals surface area contributed by atoms with Gasteiger partial charge in [0.2, 0.25) is 0 Å². The zero-order valence-electron chi connectivity index (χ0n) is 13.2. The average molecular weight is 310 g/mol. The molecule has 114 valence electrons. The van der Waals surface area contributed by atoms with Gasteiger partial charge in [-0.1, -0.05) is 30.3 Å². The number of rotatable bonds is 1. The standard InChI is InChI=1S/C21H14N2O/c1-24-16-7-9-19-14(11-16)10-15-12-22-21-17-5-3-2-4-13(17)6-8-18(21)20(15)23-19/h2-12H,1H3. The van der Waals surface area contributed by atoms with E-state index < -0.39 is 0 Å². The number of nitrogens with zero attached hydrogens (tertiary/aromatic N) is 2. The molecular formula is C21H14N2O. The van der Waals surface area contributed by atoms with E-state index >= 15 is 0 Å². The van der Waals surface area contributed by atoms with Crippen LogP contribution in [0.5, 0.6) is 5.75 Å². The predicted molar refractivity (Wildman–Crippen MR) is 98.6 cm³/mol. The molecule has 0 aliphatic heterocycles. The van der Waals surface area contributed by atoms with E-state index in [-0.39, 0.29) is 0 Å². The Morgan fingerprint density at radius 2 is 1.67 bits per heavy atom. The number of aromatic nitrogens is 2. The molecule has 0 spiro atoms. The van der Waals surface area contributed by atoms with Crippen LogP contribution in [0.2, 0.25) is 0 Å². The maximum atomic E-state index is 5.31. The van der Waals surface area contributed by atoms with Gasteiger partial charge in [-0.25, -0.2) is 4.98 Å².